The summed E-state index contributed by atoms with van der Waals surface area (Å²) in [5.74, 6) is -3.44. The molecule has 0 bridgehead atoms. The Balaban J connectivity index is 2.14. The molecule has 8 heteroatoms. The first-order valence-corrected chi connectivity index (χ1v) is 7.00. The van der Waals surface area contributed by atoms with E-state index in [2.05, 4.69) is 20.6 Å². The number of rotatable bonds is 7. The summed E-state index contributed by atoms with van der Waals surface area (Å²) in [7, 11) is 1.61. The Hall–Kier alpha value is -2.35. The largest absolute Gasteiger partial charge is 0.385 e. The summed E-state index contributed by atoms with van der Waals surface area (Å²) in [5, 5.41) is 5.64. The first-order valence-electron chi connectivity index (χ1n) is 7.00. The van der Waals surface area contributed by atoms with E-state index in [4.69, 9.17) is 4.74 Å². The van der Waals surface area contributed by atoms with Gasteiger partial charge >= 0.3 is 0 Å². The minimum absolute atomic E-state index is 0.202. The molecule has 0 aliphatic rings. The standard InChI is InChI=1S/C15H17F3N4O/c1-9-8-12(22-15(20-9)19-6-3-7-23-2)21-11-5-4-10(16)13(17)14(11)18/h4-5,8H,3,6-7H2,1-2H3,(H2,19,20,21,22). The molecule has 0 fully saturated rings. The van der Waals surface area contributed by atoms with Gasteiger partial charge in [-0.1, -0.05) is 0 Å². The van der Waals surface area contributed by atoms with Gasteiger partial charge in [-0.05, 0) is 25.5 Å². The smallest absolute Gasteiger partial charge is 0.224 e. The third-order valence-corrected chi connectivity index (χ3v) is 2.96. The van der Waals surface area contributed by atoms with E-state index in [-0.39, 0.29) is 11.5 Å². The molecule has 0 radical (unpaired) electrons. The molecule has 0 saturated carbocycles. The van der Waals surface area contributed by atoms with Gasteiger partial charge in [0.05, 0.1) is 5.69 Å². The Morgan fingerprint density at radius 3 is 2.65 bits per heavy atom. The van der Waals surface area contributed by atoms with Gasteiger partial charge in [-0.3, -0.25) is 0 Å². The summed E-state index contributed by atoms with van der Waals surface area (Å²) in [6.07, 6.45) is 0.772. The Kier molecular flexibility index (Phi) is 5.75. The minimum atomic E-state index is -1.53. The predicted octanol–water partition coefficient (Wildman–Crippen LogP) is 3.39. The third kappa shape index (κ3) is 4.56. The van der Waals surface area contributed by atoms with Gasteiger partial charge in [-0.25, -0.2) is 18.2 Å². The average Bonchev–Trinajstić information content (AvgIpc) is 2.52. The first kappa shape index (κ1) is 17.0. The molecule has 0 spiro atoms. The van der Waals surface area contributed by atoms with Gasteiger partial charge < -0.3 is 15.4 Å². The van der Waals surface area contributed by atoms with Crippen molar-refractivity contribution in [1.82, 2.24) is 9.97 Å². The van der Waals surface area contributed by atoms with Crippen LogP contribution in [0.2, 0.25) is 0 Å². The quantitative estimate of drug-likeness (QED) is 0.603. The van der Waals surface area contributed by atoms with Crippen molar-refractivity contribution in [2.24, 2.45) is 0 Å². The zero-order chi connectivity index (χ0) is 16.8. The Morgan fingerprint density at radius 1 is 1.13 bits per heavy atom. The fourth-order valence-electron chi connectivity index (χ4n) is 1.89. The average molecular weight is 326 g/mol. The second-order valence-corrected chi connectivity index (χ2v) is 4.84. The van der Waals surface area contributed by atoms with E-state index < -0.39 is 17.5 Å². The molecule has 0 amide bonds. The van der Waals surface area contributed by atoms with E-state index >= 15 is 0 Å². The zero-order valence-corrected chi connectivity index (χ0v) is 12.8. The second-order valence-electron chi connectivity index (χ2n) is 4.84. The number of nitrogens with one attached hydrogen (secondary N) is 2. The van der Waals surface area contributed by atoms with Crippen LogP contribution in [0, 0.1) is 24.4 Å². The van der Waals surface area contributed by atoms with E-state index in [9.17, 15) is 13.2 Å². The van der Waals surface area contributed by atoms with Crippen molar-refractivity contribution in [3.05, 3.63) is 41.3 Å². The molecule has 0 unspecified atom stereocenters. The van der Waals surface area contributed by atoms with Crippen molar-refractivity contribution in [3.63, 3.8) is 0 Å². The molecule has 0 saturated heterocycles. The maximum Gasteiger partial charge on any atom is 0.224 e. The Morgan fingerprint density at radius 2 is 1.91 bits per heavy atom. The van der Waals surface area contributed by atoms with Crippen LogP contribution in [0.4, 0.5) is 30.6 Å². The van der Waals surface area contributed by atoms with E-state index in [1.54, 1.807) is 20.1 Å². The van der Waals surface area contributed by atoms with Crippen molar-refractivity contribution < 1.29 is 17.9 Å². The van der Waals surface area contributed by atoms with Crippen LogP contribution in [0.1, 0.15) is 12.1 Å². The summed E-state index contributed by atoms with van der Waals surface area (Å²) in [6, 6.07) is 3.52. The molecule has 1 aromatic heterocycles. The maximum atomic E-state index is 13.7. The van der Waals surface area contributed by atoms with Gasteiger partial charge in [0.2, 0.25) is 5.95 Å². The predicted molar refractivity (Wildman–Crippen MR) is 81.4 cm³/mol. The van der Waals surface area contributed by atoms with Crippen molar-refractivity contribution in [2.45, 2.75) is 13.3 Å². The molecule has 5 nitrogen and oxygen atoms in total. The number of halogens is 3. The Labute approximate surface area is 131 Å². The lowest BCUT2D eigenvalue weighted by molar-refractivity contribution is 0.197. The number of nitrogens with zero attached hydrogens (tertiary/aromatic N) is 2. The van der Waals surface area contributed by atoms with Gasteiger partial charge in [0.15, 0.2) is 17.5 Å². The van der Waals surface area contributed by atoms with Gasteiger partial charge in [0.25, 0.3) is 0 Å². The van der Waals surface area contributed by atoms with Crippen molar-refractivity contribution in [1.29, 1.82) is 0 Å². The van der Waals surface area contributed by atoms with Crippen LogP contribution in [-0.2, 0) is 4.74 Å². The minimum Gasteiger partial charge on any atom is -0.385 e. The van der Waals surface area contributed by atoms with Crippen LogP contribution in [0.5, 0.6) is 0 Å². The summed E-state index contributed by atoms with van der Waals surface area (Å²) in [5.41, 5.74) is 0.437. The number of ether oxygens (including phenoxy) is 1. The van der Waals surface area contributed by atoms with Gasteiger partial charge in [-0.2, -0.15) is 4.98 Å². The lowest BCUT2D eigenvalue weighted by Gasteiger charge is -2.11. The maximum absolute atomic E-state index is 13.7. The number of methoxy groups -OCH3 is 1. The molecule has 0 aliphatic carbocycles. The number of aryl methyl sites for hydroxylation is 1. The zero-order valence-electron chi connectivity index (χ0n) is 12.8. The van der Waals surface area contributed by atoms with Crippen molar-refractivity contribution in [3.8, 4) is 0 Å². The molecule has 0 atom stereocenters. The van der Waals surface area contributed by atoms with Gasteiger partial charge in [0.1, 0.15) is 5.82 Å². The summed E-state index contributed by atoms with van der Waals surface area (Å²) >= 11 is 0. The number of hydrogen-bond acceptors (Lipinski definition) is 5. The molecule has 23 heavy (non-hydrogen) atoms. The number of anilines is 3. The van der Waals surface area contributed by atoms with Crippen LogP contribution in [0.3, 0.4) is 0 Å². The van der Waals surface area contributed by atoms with Crippen LogP contribution in [0.15, 0.2) is 18.2 Å². The molecule has 1 heterocycles. The molecule has 124 valence electrons. The topological polar surface area (TPSA) is 59.1 Å². The number of benzene rings is 1. The van der Waals surface area contributed by atoms with Crippen molar-refractivity contribution >= 4 is 17.5 Å². The monoisotopic (exact) mass is 326 g/mol. The normalized spacial score (nSPS) is 10.7. The van der Waals surface area contributed by atoms with Crippen LogP contribution >= 0.6 is 0 Å². The van der Waals surface area contributed by atoms with E-state index in [0.717, 1.165) is 18.6 Å². The van der Waals surface area contributed by atoms with Crippen LogP contribution in [-0.4, -0.2) is 30.2 Å². The molecule has 1 aromatic carbocycles. The van der Waals surface area contributed by atoms with E-state index in [1.807, 2.05) is 0 Å². The first-order chi connectivity index (χ1) is 11.0. The van der Waals surface area contributed by atoms with Gasteiger partial charge in [-0.15, -0.1) is 0 Å². The number of hydrogen-bond donors (Lipinski definition) is 2. The summed E-state index contributed by atoms with van der Waals surface area (Å²) < 4.78 is 44.8. The molecular formula is C15H17F3N4O. The van der Waals surface area contributed by atoms with Crippen molar-refractivity contribution in [2.75, 3.05) is 30.9 Å². The van der Waals surface area contributed by atoms with Crippen LogP contribution < -0.4 is 10.6 Å². The lowest BCUT2D eigenvalue weighted by atomic mass is 10.2. The summed E-state index contributed by atoms with van der Waals surface area (Å²) in [4.78, 5) is 8.36. The second kappa shape index (κ2) is 7.77. The SMILES string of the molecule is COCCCNc1nc(C)cc(Nc2ccc(F)c(F)c2F)n1. The fraction of sp³-hybridized carbons (Fsp3) is 0.333. The molecule has 0 aliphatic heterocycles. The van der Waals surface area contributed by atoms with E-state index in [0.29, 0.717) is 24.8 Å². The number of aromatic nitrogens is 2. The highest BCUT2D eigenvalue weighted by Crippen LogP contribution is 2.23. The molecule has 2 rings (SSSR count). The third-order valence-electron chi connectivity index (χ3n) is 2.96. The fourth-order valence-corrected chi connectivity index (χ4v) is 1.89. The van der Waals surface area contributed by atoms with Gasteiger partial charge in [0, 0.05) is 32.0 Å². The highest BCUT2D eigenvalue weighted by molar-refractivity contribution is 5.58. The molecular weight excluding hydrogens is 309 g/mol. The Bertz CT molecular complexity index is 682. The lowest BCUT2D eigenvalue weighted by Crippen LogP contribution is -2.09. The summed E-state index contributed by atoms with van der Waals surface area (Å²) in [6.45, 7) is 2.95. The molecule has 2 N–H and O–H groups in total. The highest BCUT2D eigenvalue weighted by atomic mass is 19.2. The van der Waals surface area contributed by atoms with E-state index in [1.165, 1.54) is 0 Å². The highest BCUT2D eigenvalue weighted by Gasteiger charge is 2.14. The molecule has 2 aromatic rings. The van der Waals surface area contributed by atoms with Crippen LogP contribution in [0.25, 0.3) is 0 Å².